The monoisotopic (exact) mass is 279 g/mol. The van der Waals surface area contributed by atoms with Crippen LogP contribution < -0.4 is 10.5 Å². The molecule has 4 heteroatoms. The quantitative estimate of drug-likeness (QED) is 0.845. The van der Waals surface area contributed by atoms with Crippen molar-refractivity contribution >= 4 is 17.4 Å². The lowest BCUT2D eigenvalue weighted by Gasteiger charge is -2.37. The molecule has 2 aliphatic rings. The molecule has 2 atom stereocenters. The number of ether oxygens (including phenoxy) is 2. The third-order valence-electron chi connectivity index (χ3n) is 4.13. The highest BCUT2D eigenvalue weighted by atomic mass is 32.2. The van der Waals surface area contributed by atoms with Gasteiger partial charge in [0.15, 0.2) is 0 Å². The predicted octanol–water partition coefficient (Wildman–Crippen LogP) is 3.01. The van der Waals surface area contributed by atoms with Gasteiger partial charge < -0.3 is 15.2 Å². The van der Waals surface area contributed by atoms with E-state index in [0.29, 0.717) is 0 Å². The second kappa shape index (κ2) is 5.25. The van der Waals surface area contributed by atoms with E-state index >= 15 is 0 Å². The average molecular weight is 279 g/mol. The lowest BCUT2D eigenvalue weighted by molar-refractivity contribution is -0.0959. The molecule has 3 rings (SSSR count). The third-order valence-corrected chi connectivity index (χ3v) is 5.36. The zero-order valence-corrected chi connectivity index (χ0v) is 12.2. The minimum atomic E-state index is 0.0712. The van der Waals surface area contributed by atoms with E-state index in [0.717, 1.165) is 48.6 Å². The van der Waals surface area contributed by atoms with Crippen molar-refractivity contribution in [3.05, 3.63) is 23.8 Å². The summed E-state index contributed by atoms with van der Waals surface area (Å²) < 4.78 is 12.2. The number of thioether (sulfide) groups is 1. The third kappa shape index (κ3) is 2.70. The molecule has 2 unspecified atom stereocenters. The highest BCUT2D eigenvalue weighted by Crippen LogP contribution is 2.39. The SMILES string of the molecule is Cc1c(N)cccc1OC1CCOC2(CCSC2)C1. The summed E-state index contributed by atoms with van der Waals surface area (Å²) in [5.41, 5.74) is 7.85. The van der Waals surface area contributed by atoms with Crippen molar-refractivity contribution in [2.24, 2.45) is 0 Å². The molecule has 104 valence electrons. The van der Waals surface area contributed by atoms with Crippen molar-refractivity contribution in [1.29, 1.82) is 0 Å². The van der Waals surface area contributed by atoms with E-state index in [-0.39, 0.29) is 11.7 Å². The first kappa shape index (κ1) is 13.1. The predicted molar refractivity (Wildman–Crippen MR) is 79.9 cm³/mol. The molecule has 0 amide bonds. The first-order valence-electron chi connectivity index (χ1n) is 6.92. The van der Waals surface area contributed by atoms with Gasteiger partial charge in [0.25, 0.3) is 0 Å². The van der Waals surface area contributed by atoms with Gasteiger partial charge in [-0.05, 0) is 31.2 Å². The van der Waals surface area contributed by atoms with Crippen LogP contribution in [0.15, 0.2) is 18.2 Å². The molecule has 0 aromatic heterocycles. The second-order valence-electron chi connectivity index (χ2n) is 5.54. The Hall–Kier alpha value is -0.870. The van der Waals surface area contributed by atoms with Crippen LogP contribution in [-0.2, 0) is 4.74 Å². The topological polar surface area (TPSA) is 44.5 Å². The van der Waals surface area contributed by atoms with Crippen molar-refractivity contribution in [3.63, 3.8) is 0 Å². The van der Waals surface area contributed by atoms with E-state index < -0.39 is 0 Å². The van der Waals surface area contributed by atoms with Crippen LogP contribution in [0.3, 0.4) is 0 Å². The Morgan fingerprint density at radius 2 is 2.37 bits per heavy atom. The number of nitrogens with two attached hydrogens (primary N) is 1. The number of hydrogen-bond donors (Lipinski definition) is 1. The Balaban J connectivity index is 1.71. The molecular weight excluding hydrogens is 258 g/mol. The van der Waals surface area contributed by atoms with Gasteiger partial charge in [-0.1, -0.05) is 6.07 Å². The van der Waals surface area contributed by atoms with Crippen LogP contribution in [0, 0.1) is 6.92 Å². The van der Waals surface area contributed by atoms with Crippen LogP contribution in [0.1, 0.15) is 24.8 Å². The molecule has 2 N–H and O–H groups in total. The van der Waals surface area contributed by atoms with Gasteiger partial charge in [0.1, 0.15) is 11.9 Å². The highest BCUT2D eigenvalue weighted by molar-refractivity contribution is 7.99. The minimum absolute atomic E-state index is 0.0712. The van der Waals surface area contributed by atoms with E-state index in [1.807, 2.05) is 36.9 Å². The molecular formula is C15H21NO2S. The molecule has 0 saturated carbocycles. The lowest BCUT2D eigenvalue weighted by atomic mass is 9.91. The Kier molecular flexibility index (Phi) is 3.63. The van der Waals surface area contributed by atoms with Crippen molar-refractivity contribution < 1.29 is 9.47 Å². The van der Waals surface area contributed by atoms with Crippen molar-refractivity contribution in [2.75, 3.05) is 23.8 Å². The Labute approximate surface area is 118 Å². The van der Waals surface area contributed by atoms with Crippen LogP contribution in [0.25, 0.3) is 0 Å². The van der Waals surface area contributed by atoms with Gasteiger partial charge in [-0.25, -0.2) is 0 Å². The summed E-state index contributed by atoms with van der Waals surface area (Å²) in [7, 11) is 0. The van der Waals surface area contributed by atoms with Crippen LogP contribution >= 0.6 is 11.8 Å². The molecule has 0 bridgehead atoms. The Bertz CT molecular complexity index is 457. The first-order valence-corrected chi connectivity index (χ1v) is 8.07. The van der Waals surface area contributed by atoms with E-state index in [1.165, 1.54) is 5.75 Å². The Morgan fingerprint density at radius 1 is 1.47 bits per heavy atom. The number of nitrogen functional groups attached to an aromatic ring is 1. The molecule has 19 heavy (non-hydrogen) atoms. The normalized spacial score (nSPS) is 30.7. The zero-order valence-electron chi connectivity index (χ0n) is 11.4. The largest absolute Gasteiger partial charge is 0.490 e. The van der Waals surface area contributed by atoms with Crippen LogP contribution in [0.2, 0.25) is 0 Å². The van der Waals surface area contributed by atoms with E-state index in [2.05, 4.69) is 0 Å². The van der Waals surface area contributed by atoms with Crippen molar-refractivity contribution in [3.8, 4) is 5.75 Å². The van der Waals surface area contributed by atoms with Gasteiger partial charge in [-0.15, -0.1) is 0 Å². The number of hydrogen-bond acceptors (Lipinski definition) is 4. The molecule has 1 aromatic rings. The summed E-state index contributed by atoms with van der Waals surface area (Å²) in [6.45, 7) is 2.83. The molecule has 2 fully saturated rings. The summed E-state index contributed by atoms with van der Waals surface area (Å²) in [5.74, 6) is 3.25. The molecule has 3 nitrogen and oxygen atoms in total. The number of rotatable bonds is 2. The Morgan fingerprint density at radius 3 is 3.16 bits per heavy atom. The van der Waals surface area contributed by atoms with Gasteiger partial charge >= 0.3 is 0 Å². The van der Waals surface area contributed by atoms with Crippen molar-refractivity contribution in [1.82, 2.24) is 0 Å². The maximum Gasteiger partial charge on any atom is 0.124 e. The molecule has 2 saturated heterocycles. The maximum atomic E-state index is 6.18. The fourth-order valence-electron chi connectivity index (χ4n) is 2.89. The molecule has 2 aliphatic heterocycles. The number of benzene rings is 1. The van der Waals surface area contributed by atoms with E-state index in [4.69, 9.17) is 15.2 Å². The fraction of sp³-hybridized carbons (Fsp3) is 0.600. The van der Waals surface area contributed by atoms with E-state index in [9.17, 15) is 0 Å². The van der Waals surface area contributed by atoms with Crippen molar-refractivity contribution in [2.45, 2.75) is 37.9 Å². The summed E-state index contributed by atoms with van der Waals surface area (Å²) >= 11 is 1.99. The standard InChI is InChI=1S/C15H21NO2S/c1-11-13(16)3-2-4-14(11)18-12-5-7-17-15(9-12)6-8-19-10-15/h2-4,12H,5-10,16H2,1H3. The number of anilines is 1. The lowest BCUT2D eigenvalue weighted by Crippen LogP contribution is -2.43. The summed E-state index contributed by atoms with van der Waals surface area (Å²) in [5, 5.41) is 0. The van der Waals surface area contributed by atoms with Gasteiger partial charge in [-0.2, -0.15) is 11.8 Å². The fourth-order valence-corrected chi connectivity index (χ4v) is 4.26. The minimum Gasteiger partial charge on any atom is -0.490 e. The molecule has 1 aromatic carbocycles. The van der Waals surface area contributed by atoms with Crippen LogP contribution in [0.4, 0.5) is 5.69 Å². The van der Waals surface area contributed by atoms with Gasteiger partial charge in [0.05, 0.1) is 12.2 Å². The second-order valence-corrected chi connectivity index (χ2v) is 6.64. The summed E-state index contributed by atoms with van der Waals surface area (Å²) in [6, 6.07) is 5.89. The van der Waals surface area contributed by atoms with Gasteiger partial charge in [0, 0.05) is 29.8 Å². The maximum absolute atomic E-state index is 6.18. The molecule has 1 spiro atoms. The van der Waals surface area contributed by atoms with E-state index in [1.54, 1.807) is 0 Å². The summed E-state index contributed by atoms with van der Waals surface area (Å²) in [4.78, 5) is 0. The van der Waals surface area contributed by atoms with Crippen LogP contribution in [-0.4, -0.2) is 29.8 Å². The molecule has 2 heterocycles. The average Bonchev–Trinajstić information content (AvgIpc) is 2.83. The van der Waals surface area contributed by atoms with Crippen LogP contribution in [0.5, 0.6) is 5.75 Å². The summed E-state index contributed by atoms with van der Waals surface area (Å²) in [6.07, 6.45) is 3.40. The van der Waals surface area contributed by atoms with Gasteiger partial charge in [-0.3, -0.25) is 0 Å². The molecule has 0 aliphatic carbocycles. The van der Waals surface area contributed by atoms with Gasteiger partial charge in [0.2, 0.25) is 0 Å². The highest BCUT2D eigenvalue weighted by Gasteiger charge is 2.41. The zero-order chi connectivity index (χ0) is 13.3. The molecule has 0 radical (unpaired) electrons. The first-order chi connectivity index (χ1) is 9.19. The smallest absolute Gasteiger partial charge is 0.124 e.